The molecular formula is C13H15N3O5S. The molecule has 0 saturated heterocycles. The molecule has 0 aliphatic rings. The van der Waals surface area contributed by atoms with Gasteiger partial charge >= 0.3 is 5.97 Å². The molecule has 8 nitrogen and oxygen atoms in total. The number of nitrogens with one attached hydrogen (secondary N) is 1. The highest BCUT2D eigenvalue weighted by Gasteiger charge is 2.09. The van der Waals surface area contributed by atoms with Gasteiger partial charge in [-0.15, -0.1) is 0 Å². The van der Waals surface area contributed by atoms with Crippen molar-refractivity contribution in [1.29, 1.82) is 0 Å². The first kappa shape index (κ1) is 16.0. The van der Waals surface area contributed by atoms with Crippen LogP contribution < -0.4 is 4.72 Å². The Morgan fingerprint density at radius 2 is 2.00 bits per heavy atom. The molecule has 0 unspecified atom stereocenters. The third-order valence-electron chi connectivity index (χ3n) is 2.68. The average Bonchev–Trinajstić information content (AvgIpc) is 2.85. The van der Waals surface area contributed by atoms with E-state index in [9.17, 15) is 13.2 Å². The summed E-state index contributed by atoms with van der Waals surface area (Å²) in [6.07, 6.45) is 1.63. The first-order chi connectivity index (χ1) is 10.3. The monoisotopic (exact) mass is 325 g/mol. The van der Waals surface area contributed by atoms with Crippen LogP contribution in [0.2, 0.25) is 0 Å². The van der Waals surface area contributed by atoms with Crippen LogP contribution in [0.1, 0.15) is 23.7 Å². The summed E-state index contributed by atoms with van der Waals surface area (Å²) >= 11 is 0. The zero-order chi connectivity index (χ0) is 16.2. The van der Waals surface area contributed by atoms with Crippen LogP contribution >= 0.6 is 0 Å². The van der Waals surface area contributed by atoms with E-state index < -0.39 is 16.0 Å². The molecular weight excluding hydrogens is 310 g/mol. The molecule has 0 spiro atoms. The number of carboxylic acid groups (broad SMARTS) is 1. The van der Waals surface area contributed by atoms with Crippen LogP contribution in [0.15, 0.2) is 28.8 Å². The minimum absolute atomic E-state index is 0.0620. The van der Waals surface area contributed by atoms with Crippen LogP contribution in [0.4, 0.5) is 5.69 Å². The average molecular weight is 325 g/mol. The summed E-state index contributed by atoms with van der Waals surface area (Å²) in [6.45, 7) is 0. The number of aromatic nitrogens is 2. The Morgan fingerprint density at radius 3 is 2.59 bits per heavy atom. The van der Waals surface area contributed by atoms with Crippen molar-refractivity contribution in [3.63, 3.8) is 0 Å². The van der Waals surface area contributed by atoms with Gasteiger partial charge in [-0.1, -0.05) is 17.3 Å². The minimum atomic E-state index is -3.30. The summed E-state index contributed by atoms with van der Waals surface area (Å²) in [5.74, 6) is -0.189. The molecule has 22 heavy (non-hydrogen) atoms. The molecule has 1 aromatic heterocycles. The summed E-state index contributed by atoms with van der Waals surface area (Å²) in [5, 5.41) is 12.4. The van der Waals surface area contributed by atoms with E-state index in [-0.39, 0.29) is 18.7 Å². The quantitative estimate of drug-likeness (QED) is 0.780. The Kier molecular flexibility index (Phi) is 4.76. The van der Waals surface area contributed by atoms with Crippen LogP contribution in [-0.4, -0.2) is 35.9 Å². The van der Waals surface area contributed by atoms with E-state index in [2.05, 4.69) is 14.9 Å². The van der Waals surface area contributed by atoms with E-state index in [0.29, 0.717) is 17.9 Å². The van der Waals surface area contributed by atoms with E-state index in [4.69, 9.17) is 9.63 Å². The molecule has 2 N–H and O–H groups in total. The van der Waals surface area contributed by atoms with Gasteiger partial charge in [-0.2, -0.15) is 4.98 Å². The summed E-state index contributed by atoms with van der Waals surface area (Å²) in [6, 6.07) is 6.78. The first-order valence-electron chi connectivity index (χ1n) is 6.42. The number of hydrogen-bond donors (Lipinski definition) is 2. The maximum absolute atomic E-state index is 11.1. The van der Waals surface area contributed by atoms with Gasteiger partial charge in [0, 0.05) is 18.5 Å². The highest BCUT2D eigenvalue weighted by Crippen LogP contribution is 2.13. The molecule has 1 aromatic carbocycles. The van der Waals surface area contributed by atoms with Crippen molar-refractivity contribution >= 4 is 21.7 Å². The molecule has 2 aromatic rings. The lowest BCUT2D eigenvalue weighted by atomic mass is 10.1. The molecule has 9 heteroatoms. The lowest BCUT2D eigenvalue weighted by Gasteiger charge is -2.04. The van der Waals surface area contributed by atoms with Gasteiger partial charge in [0.25, 0.3) is 0 Å². The lowest BCUT2D eigenvalue weighted by molar-refractivity contribution is -0.137. The Labute approximate surface area is 127 Å². The van der Waals surface area contributed by atoms with E-state index in [1.54, 1.807) is 24.3 Å². The molecule has 118 valence electrons. The standard InChI is InChI=1S/C13H15N3O5S/c1-22(19,20)16-10-4-2-9(3-5-10)8-11-14-12(21-15-11)6-7-13(17)18/h2-5,16H,6-8H2,1H3,(H,17,18). The Hall–Kier alpha value is -2.42. The maximum atomic E-state index is 11.1. The number of rotatable bonds is 7. The fourth-order valence-corrected chi connectivity index (χ4v) is 2.33. The fraction of sp³-hybridized carbons (Fsp3) is 0.308. The minimum Gasteiger partial charge on any atom is -0.481 e. The number of nitrogens with zero attached hydrogens (tertiary/aromatic N) is 2. The SMILES string of the molecule is CS(=O)(=O)Nc1ccc(Cc2noc(CCC(=O)O)n2)cc1. The van der Waals surface area contributed by atoms with Gasteiger partial charge in [0.2, 0.25) is 15.9 Å². The normalized spacial score (nSPS) is 11.3. The maximum Gasteiger partial charge on any atom is 0.303 e. The molecule has 0 fully saturated rings. The van der Waals surface area contributed by atoms with Crippen LogP contribution in [0.3, 0.4) is 0 Å². The van der Waals surface area contributed by atoms with Crippen molar-refractivity contribution in [1.82, 2.24) is 10.1 Å². The summed E-state index contributed by atoms with van der Waals surface area (Å²) in [7, 11) is -3.30. The zero-order valence-corrected chi connectivity index (χ0v) is 12.6. The number of hydrogen-bond acceptors (Lipinski definition) is 6. The predicted octanol–water partition coefficient (Wildman–Crippen LogP) is 1.05. The molecule has 0 amide bonds. The van der Waals surface area contributed by atoms with Gasteiger partial charge in [-0.05, 0) is 17.7 Å². The number of sulfonamides is 1. The van der Waals surface area contributed by atoms with Crippen LogP contribution in [-0.2, 0) is 27.7 Å². The van der Waals surface area contributed by atoms with Gasteiger partial charge in [0.1, 0.15) is 0 Å². The second-order valence-corrected chi connectivity index (χ2v) is 6.49. The molecule has 0 aliphatic carbocycles. The Morgan fingerprint density at radius 1 is 1.32 bits per heavy atom. The van der Waals surface area contributed by atoms with Crippen molar-refractivity contribution in [2.24, 2.45) is 0 Å². The summed E-state index contributed by atoms with van der Waals surface area (Å²) < 4.78 is 29.5. The number of anilines is 1. The predicted molar refractivity (Wildman–Crippen MR) is 78.0 cm³/mol. The lowest BCUT2D eigenvalue weighted by Crippen LogP contribution is -2.09. The molecule has 0 saturated carbocycles. The van der Waals surface area contributed by atoms with Gasteiger partial charge < -0.3 is 9.63 Å². The number of carbonyl (C=O) groups is 1. The summed E-state index contributed by atoms with van der Waals surface area (Å²) in [4.78, 5) is 14.6. The third-order valence-corrected chi connectivity index (χ3v) is 3.29. The van der Waals surface area contributed by atoms with E-state index in [1.165, 1.54) is 0 Å². The largest absolute Gasteiger partial charge is 0.481 e. The molecule has 1 heterocycles. The van der Waals surface area contributed by atoms with Crippen molar-refractivity contribution in [3.05, 3.63) is 41.5 Å². The second-order valence-electron chi connectivity index (χ2n) is 4.75. The van der Waals surface area contributed by atoms with Crippen LogP contribution in [0.25, 0.3) is 0 Å². The number of aliphatic carboxylic acids is 1. The Bertz CT molecular complexity index is 752. The highest BCUT2D eigenvalue weighted by molar-refractivity contribution is 7.92. The molecule has 0 aliphatic heterocycles. The molecule has 2 rings (SSSR count). The van der Waals surface area contributed by atoms with Crippen molar-refractivity contribution in [2.75, 3.05) is 11.0 Å². The van der Waals surface area contributed by atoms with Gasteiger partial charge in [0.15, 0.2) is 5.82 Å². The molecule has 0 bridgehead atoms. The molecule has 0 atom stereocenters. The van der Waals surface area contributed by atoms with E-state index >= 15 is 0 Å². The van der Waals surface area contributed by atoms with E-state index in [1.807, 2.05) is 0 Å². The Balaban J connectivity index is 1.97. The fourth-order valence-electron chi connectivity index (χ4n) is 1.76. The first-order valence-corrected chi connectivity index (χ1v) is 8.31. The van der Waals surface area contributed by atoms with Crippen LogP contribution in [0.5, 0.6) is 0 Å². The van der Waals surface area contributed by atoms with Crippen molar-refractivity contribution in [3.8, 4) is 0 Å². The van der Waals surface area contributed by atoms with Gasteiger partial charge in [-0.25, -0.2) is 8.42 Å². The van der Waals surface area contributed by atoms with Crippen LogP contribution in [0, 0.1) is 0 Å². The van der Waals surface area contributed by atoms with Gasteiger partial charge in [-0.3, -0.25) is 9.52 Å². The smallest absolute Gasteiger partial charge is 0.303 e. The number of carboxylic acids is 1. The molecule has 0 radical (unpaired) electrons. The second kappa shape index (κ2) is 6.56. The topological polar surface area (TPSA) is 122 Å². The zero-order valence-electron chi connectivity index (χ0n) is 11.8. The third kappa shape index (κ3) is 5.17. The summed E-state index contributed by atoms with van der Waals surface area (Å²) in [5.41, 5.74) is 1.35. The number of aryl methyl sites for hydroxylation is 1. The number of benzene rings is 1. The van der Waals surface area contributed by atoms with E-state index in [0.717, 1.165) is 11.8 Å². The van der Waals surface area contributed by atoms with Crippen molar-refractivity contribution < 1.29 is 22.8 Å². The highest BCUT2D eigenvalue weighted by atomic mass is 32.2. The van der Waals surface area contributed by atoms with Crippen molar-refractivity contribution in [2.45, 2.75) is 19.3 Å². The van der Waals surface area contributed by atoms with Gasteiger partial charge in [0.05, 0.1) is 12.7 Å².